The van der Waals surface area contributed by atoms with Gasteiger partial charge in [-0.2, -0.15) is 5.10 Å². The lowest BCUT2D eigenvalue weighted by molar-refractivity contribution is 0.277. The van der Waals surface area contributed by atoms with Crippen molar-refractivity contribution in [1.82, 2.24) is 25.5 Å². The minimum atomic E-state index is -0.0833. The molecule has 2 fully saturated rings. The van der Waals surface area contributed by atoms with Crippen LogP contribution >= 0.6 is 0 Å². The molecule has 2 aliphatic heterocycles. The largest absolute Gasteiger partial charge is 0.390 e. The summed E-state index contributed by atoms with van der Waals surface area (Å²) in [4.78, 5) is 9.41. The Morgan fingerprint density at radius 2 is 1.93 bits per heavy atom. The number of aryl methyl sites for hydroxylation is 1. The summed E-state index contributed by atoms with van der Waals surface area (Å²) < 4.78 is 0. The van der Waals surface area contributed by atoms with Crippen molar-refractivity contribution < 1.29 is 5.11 Å². The Hall–Kier alpha value is -2.71. The van der Waals surface area contributed by atoms with Crippen molar-refractivity contribution in [2.45, 2.75) is 57.3 Å². The Kier molecular flexibility index (Phi) is 4.37. The average Bonchev–Trinajstić information content (AvgIpc) is 3.25. The van der Waals surface area contributed by atoms with Gasteiger partial charge in [0.05, 0.1) is 17.8 Å². The molecular formula is C20H25N7O. The van der Waals surface area contributed by atoms with Gasteiger partial charge in [0.2, 0.25) is 0 Å². The number of pyridine rings is 2. The number of nitrogens with one attached hydrogen (secondary N) is 4. The molecule has 3 aromatic rings. The molecule has 8 heteroatoms. The Labute approximate surface area is 163 Å². The van der Waals surface area contributed by atoms with Gasteiger partial charge in [-0.3, -0.25) is 10.1 Å². The molecule has 0 saturated carbocycles. The van der Waals surface area contributed by atoms with Gasteiger partial charge in [-0.1, -0.05) is 0 Å². The highest BCUT2D eigenvalue weighted by Gasteiger charge is 2.33. The third-order valence-corrected chi connectivity index (χ3v) is 5.68. The molecule has 3 atom stereocenters. The molecule has 28 heavy (non-hydrogen) atoms. The SMILES string of the molecule is Cc1cc(Nc2cc3nc(CO)ccc3c(N[C@H]3C[C@H]4CC[C@@H](C3)N4)n2)n[nH]1. The second-order valence-electron chi connectivity index (χ2n) is 7.90. The summed E-state index contributed by atoms with van der Waals surface area (Å²) in [6.07, 6.45) is 4.74. The van der Waals surface area contributed by atoms with Crippen molar-refractivity contribution in [3.63, 3.8) is 0 Å². The number of anilines is 3. The Balaban J connectivity index is 1.49. The van der Waals surface area contributed by atoms with Gasteiger partial charge in [0.1, 0.15) is 11.6 Å². The smallest absolute Gasteiger partial charge is 0.153 e. The lowest BCUT2D eigenvalue weighted by Crippen LogP contribution is -2.43. The summed E-state index contributed by atoms with van der Waals surface area (Å²) in [6.45, 7) is 1.87. The van der Waals surface area contributed by atoms with Crippen LogP contribution in [0.15, 0.2) is 24.3 Å². The van der Waals surface area contributed by atoms with Gasteiger partial charge in [0.15, 0.2) is 5.82 Å². The van der Waals surface area contributed by atoms with Gasteiger partial charge in [-0.15, -0.1) is 0 Å². The normalized spacial score (nSPS) is 23.9. The predicted molar refractivity (Wildman–Crippen MR) is 109 cm³/mol. The number of aliphatic hydroxyl groups is 1. The van der Waals surface area contributed by atoms with Crippen LogP contribution in [0, 0.1) is 6.92 Å². The number of aliphatic hydroxyl groups excluding tert-OH is 1. The Morgan fingerprint density at radius 1 is 1.11 bits per heavy atom. The quantitative estimate of drug-likeness (QED) is 0.463. The molecule has 0 radical (unpaired) electrons. The van der Waals surface area contributed by atoms with E-state index >= 15 is 0 Å². The van der Waals surface area contributed by atoms with E-state index < -0.39 is 0 Å². The monoisotopic (exact) mass is 379 g/mol. The van der Waals surface area contributed by atoms with Gasteiger partial charge >= 0.3 is 0 Å². The molecule has 146 valence electrons. The van der Waals surface area contributed by atoms with Crippen LogP contribution in [-0.4, -0.2) is 43.4 Å². The Bertz CT molecular complexity index is 989. The molecular weight excluding hydrogens is 354 g/mol. The molecule has 2 bridgehead atoms. The summed E-state index contributed by atoms with van der Waals surface area (Å²) in [5.41, 5.74) is 2.43. The van der Waals surface area contributed by atoms with E-state index in [1.54, 1.807) is 0 Å². The molecule has 5 heterocycles. The fourth-order valence-corrected chi connectivity index (χ4v) is 4.41. The number of rotatable bonds is 5. The van der Waals surface area contributed by atoms with Crippen molar-refractivity contribution in [3.8, 4) is 0 Å². The summed E-state index contributed by atoms with van der Waals surface area (Å²) in [5.74, 6) is 2.23. The summed E-state index contributed by atoms with van der Waals surface area (Å²) in [7, 11) is 0. The van der Waals surface area contributed by atoms with Crippen LogP contribution in [0.4, 0.5) is 17.5 Å². The fourth-order valence-electron chi connectivity index (χ4n) is 4.41. The van der Waals surface area contributed by atoms with Gasteiger partial charge in [-0.05, 0) is 44.7 Å². The van der Waals surface area contributed by atoms with Gasteiger partial charge < -0.3 is 21.1 Å². The van der Waals surface area contributed by atoms with Crippen LogP contribution in [-0.2, 0) is 6.61 Å². The van der Waals surface area contributed by atoms with Crippen molar-refractivity contribution >= 4 is 28.4 Å². The van der Waals surface area contributed by atoms with E-state index in [-0.39, 0.29) is 6.61 Å². The minimum absolute atomic E-state index is 0.0833. The highest BCUT2D eigenvalue weighted by atomic mass is 16.3. The van der Waals surface area contributed by atoms with Crippen LogP contribution in [0.25, 0.3) is 10.9 Å². The van der Waals surface area contributed by atoms with E-state index in [1.807, 2.05) is 31.2 Å². The number of aromatic nitrogens is 4. The number of fused-ring (bicyclic) bond motifs is 3. The molecule has 5 N–H and O–H groups in total. The first kappa shape index (κ1) is 17.4. The summed E-state index contributed by atoms with van der Waals surface area (Å²) in [6, 6.07) is 9.28. The number of H-pyrrole nitrogens is 1. The second-order valence-corrected chi connectivity index (χ2v) is 7.90. The maximum absolute atomic E-state index is 9.47. The molecule has 0 aliphatic carbocycles. The van der Waals surface area contributed by atoms with Crippen molar-refractivity contribution in [2.75, 3.05) is 10.6 Å². The molecule has 0 unspecified atom stereocenters. The van der Waals surface area contributed by atoms with Gasteiger partial charge in [0.25, 0.3) is 0 Å². The lowest BCUT2D eigenvalue weighted by Gasteiger charge is -2.30. The van der Waals surface area contributed by atoms with Crippen molar-refractivity contribution in [2.24, 2.45) is 0 Å². The number of nitrogens with zero attached hydrogens (tertiary/aromatic N) is 3. The van der Waals surface area contributed by atoms with Crippen LogP contribution in [0.2, 0.25) is 0 Å². The lowest BCUT2D eigenvalue weighted by atomic mass is 9.99. The highest BCUT2D eigenvalue weighted by Crippen LogP contribution is 2.31. The first-order chi connectivity index (χ1) is 13.7. The summed E-state index contributed by atoms with van der Waals surface area (Å²) >= 11 is 0. The van der Waals surface area contributed by atoms with Gasteiger partial charge in [0, 0.05) is 41.3 Å². The number of aromatic amines is 1. The molecule has 8 nitrogen and oxygen atoms in total. The van der Waals surface area contributed by atoms with Gasteiger partial charge in [-0.25, -0.2) is 4.98 Å². The zero-order valence-corrected chi connectivity index (χ0v) is 15.9. The average molecular weight is 379 g/mol. The molecule has 0 aromatic carbocycles. The zero-order chi connectivity index (χ0) is 19.1. The number of piperidine rings is 1. The third-order valence-electron chi connectivity index (χ3n) is 5.68. The van der Waals surface area contributed by atoms with E-state index in [9.17, 15) is 5.11 Å². The number of hydrogen-bond donors (Lipinski definition) is 5. The maximum atomic E-state index is 9.47. The second kappa shape index (κ2) is 7.03. The molecule has 5 rings (SSSR count). The number of hydrogen-bond acceptors (Lipinski definition) is 7. The van der Waals surface area contributed by atoms with Crippen LogP contribution in [0.5, 0.6) is 0 Å². The maximum Gasteiger partial charge on any atom is 0.153 e. The fraction of sp³-hybridized carbons (Fsp3) is 0.450. The first-order valence-corrected chi connectivity index (χ1v) is 9.89. The predicted octanol–water partition coefficient (Wildman–Crippen LogP) is 2.59. The Morgan fingerprint density at radius 3 is 2.64 bits per heavy atom. The van der Waals surface area contributed by atoms with E-state index in [2.05, 4.69) is 31.1 Å². The highest BCUT2D eigenvalue weighted by molar-refractivity contribution is 5.91. The molecule has 2 aliphatic rings. The minimum Gasteiger partial charge on any atom is -0.390 e. The molecule has 0 spiro atoms. The zero-order valence-electron chi connectivity index (χ0n) is 15.9. The topological polar surface area (TPSA) is 111 Å². The van der Waals surface area contributed by atoms with E-state index in [0.717, 1.165) is 35.3 Å². The molecule has 3 aromatic heterocycles. The van der Waals surface area contributed by atoms with Crippen molar-refractivity contribution in [3.05, 3.63) is 35.7 Å². The van der Waals surface area contributed by atoms with Crippen LogP contribution in [0.1, 0.15) is 37.1 Å². The third kappa shape index (κ3) is 3.41. The summed E-state index contributed by atoms with van der Waals surface area (Å²) in [5, 5.41) is 28.2. The van der Waals surface area contributed by atoms with E-state index in [1.165, 1.54) is 12.8 Å². The van der Waals surface area contributed by atoms with Crippen LogP contribution in [0.3, 0.4) is 0 Å². The van der Waals surface area contributed by atoms with Crippen LogP contribution < -0.4 is 16.0 Å². The van der Waals surface area contributed by atoms with Crippen molar-refractivity contribution in [1.29, 1.82) is 0 Å². The molecule has 2 saturated heterocycles. The standard InChI is InChI=1S/C20H25N7O/c1-11-6-19(27-26-11)24-18-9-17-16(5-4-14(10-28)22-17)20(25-18)23-15-7-12-2-3-13(8-15)21-12/h4-6,9,12-13,15,21,28H,2-3,7-8,10H2,1H3,(H3,23,24,25,26,27)/t12-,13+,15+. The molecule has 0 amide bonds. The van der Waals surface area contributed by atoms with E-state index in [0.29, 0.717) is 35.5 Å². The first-order valence-electron chi connectivity index (χ1n) is 9.89. The van der Waals surface area contributed by atoms with E-state index in [4.69, 9.17) is 4.98 Å².